The first-order chi connectivity index (χ1) is 21.1. The van der Waals surface area contributed by atoms with Crippen LogP contribution in [0, 0.1) is 6.92 Å². The van der Waals surface area contributed by atoms with Crippen LogP contribution in [0.25, 0.3) is 11.0 Å². The monoisotopic (exact) mass is 615 g/mol. The molecule has 1 aliphatic heterocycles. The average molecular weight is 616 g/mol. The van der Waals surface area contributed by atoms with Gasteiger partial charge in [0, 0.05) is 36.8 Å². The first-order valence-electron chi connectivity index (χ1n) is 14.2. The van der Waals surface area contributed by atoms with E-state index in [1.165, 1.54) is 15.4 Å². The van der Waals surface area contributed by atoms with Gasteiger partial charge in [0.1, 0.15) is 33.8 Å². The summed E-state index contributed by atoms with van der Waals surface area (Å²) in [5, 5.41) is 11.4. The van der Waals surface area contributed by atoms with Crippen molar-refractivity contribution in [1.82, 2.24) is 29.6 Å². The first kappa shape index (κ1) is 29.3. The van der Waals surface area contributed by atoms with E-state index < -0.39 is 15.4 Å². The van der Waals surface area contributed by atoms with Gasteiger partial charge in [-0.25, -0.2) is 13.4 Å². The van der Waals surface area contributed by atoms with Crippen molar-refractivity contribution < 1.29 is 17.9 Å². The molecule has 4 heterocycles. The molecular formula is C31H33N7O5S. The van der Waals surface area contributed by atoms with E-state index in [2.05, 4.69) is 25.7 Å². The van der Waals surface area contributed by atoms with Crippen molar-refractivity contribution in [1.29, 1.82) is 0 Å². The van der Waals surface area contributed by atoms with Crippen molar-refractivity contribution in [2.75, 3.05) is 24.7 Å². The third-order valence-corrected chi connectivity index (χ3v) is 8.52. The second-order valence-corrected chi connectivity index (χ2v) is 12.8. The molecule has 0 amide bonds. The molecule has 6 rings (SSSR count). The fourth-order valence-corrected chi connectivity index (χ4v) is 6.01. The molecule has 2 aromatic carbocycles. The lowest BCUT2D eigenvalue weighted by atomic mass is 10.1. The quantitative estimate of drug-likeness (QED) is 0.250. The molecule has 12 nitrogen and oxygen atoms in total. The molecule has 1 aliphatic rings. The Kier molecular flexibility index (Phi) is 8.06. The highest BCUT2D eigenvalue weighted by Crippen LogP contribution is 2.27. The second-order valence-electron chi connectivity index (χ2n) is 10.8. The highest BCUT2D eigenvalue weighted by molar-refractivity contribution is 7.90. The second kappa shape index (κ2) is 12.1. The maximum atomic E-state index is 13.9. The molecule has 1 fully saturated rings. The van der Waals surface area contributed by atoms with Gasteiger partial charge in [-0.2, -0.15) is 10.1 Å². The Morgan fingerprint density at radius 3 is 2.55 bits per heavy atom. The number of aromatic nitrogens is 5. The Hall–Kier alpha value is -4.75. The van der Waals surface area contributed by atoms with E-state index in [9.17, 15) is 13.2 Å². The van der Waals surface area contributed by atoms with E-state index in [0.29, 0.717) is 16.8 Å². The molecule has 0 bridgehead atoms. The number of anilines is 2. The number of pyridine rings is 1. The van der Waals surface area contributed by atoms with E-state index >= 15 is 0 Å². The van der Waals surface area contributed by atoms with Gasteiger partial charge in [-0.05, 0) is 74.8 Å². The minimum absolute atomic E-state index is 0.0319. The molecule has 228 valence electrons. The SMILES string of the molecule is Cc1ccccc1Oc1cc2cnc(Nc3ccc(OC4CCNCC4)cc3)nc2n(Cc2nn(C)cc2S(C)(=O)=O)c1=O. The maximum absolute atomic E-state index is 13.9. The molecule has 0 radical (unpaired) electrons. The van der Waals surface area contributed by atoms with E-state index in [4.69, 9.17) is 9.47 Å². The van der Waals surface area contributed by atoms with Crippen LogP contribution in [0.4, 0.5) is 11.6 Å². The molecule has 2 N–H and O–H groups in total. The highest BCUT2D eigenvalue weighted by Gasteiger charge is 2.22. The van der Waals surface area contributed by atoms with Gasteiger partial charge in [0.25, 0.3) is 5.56 Å². The summed E-state index contributed by atoms with van der Waals surface area (Å²) in [4.78, 5) is 23.1. The third-order valence-electron chi connectivity index (χ3n) is 7.38. The van der Waals surface area contributed by atoms with Crippen LogP contribution in [-0.4, -0.2) is 58.2 Å². The highest BCUT2D eigenvalue weighted by atomic mass is 32.2. The lowest BCUT2D eigenvalue weighted by molar-refractivity contribution is 0.162. The summed E-state index contributed by atoms with van der Waals surface area (Å²) in [6, 6.07) is 16.5. The van der Waals surface area contributed by atoms with Crippen molar-refractivity contribution in [3.05, 3.63) is 88.6 Å². The number of benzene rings is 2. The van der Waals surface area contributed by atoms with Crippen LogP contribution in [0.2, 0.25) is 0 Å². The zero-order chi connectivity index (χ0) is 30.8. The van der Waals surface area contributed by atoms with Gasteiger partial charge >= 0.3 is 0 Å². The van der Waals surface area contributed by atoms with Crippen LogP contribution in [0.1, 0.15) is 24.1 Å². The predicted molar refractivity (Wildman–Crippen MR) is 167 cm³/mol. The van der Waals surface area contributed by atoms with Crippen LogP contribution in [0.15, 0.2) is 76.7 Å². The number of hydrogen-bond acceptors (Lipinski definition) is 10. The van der Waals surface area contributed by atoms with Crippen molar-refractivity contribution in [2.24, 2.45) is 7.05 Å². The molecule has 1 saturated heterocycles. The van der Waals surface area contributed by atoms with Crippen molar-refractivity contribution >= 4 is 32.5 Å². The largest absolute Gasteiger partial charge is 0.490 e. The Morgan fingerprint density at radius 1 is 1.07 bits per heavy atom. The summed E-state index contributed by atoms with van der Waals surface area (Å²) >= 11 is 0. The van der Waals surface area contributed by atoms with Crippen LogP contribution in [0.5, 0.6) is 17.2 Å². The fourth-order valence-electron chi connectivity index (χ4n) is 5.14. The minimum Gasteiger partial charge on any atom is -0.490 e. The first-order valence-corrected chi connectivity index (χ1v) is 16.1. The number of para-hydroxylation sites is 1. The predicted octanol–water partition coefficient (Wildman–Crippen LogP) is 3.95. The Balaban J connectivity index is 1.36. The normalized spacial score (nSPS) is 14.1. The van der Waals surface area contributed by atoms with E-state index in [-0.39, 0.29) is 34.9 Å². The van der Waals surface area contributed by atoms with Gasteiger partial charge < -0.3 is 20.1 Å². The van der Waals surface area contributed by atoms with Crippen LogP contribution >= 0.6 is 0 Å². The standard InChI is InChI=1S/C31H33N7O5S/c1-20-6-4-5-7-26(20)43-27-16-21-17-33-31(34-22-8-10-23(11-9-22)42-24-12-14-32-15-13-24)35-29(21)38(30(27)39)18-25-28(44(3,40)41)19-37(2)36-25/h4-11,16-17,19,24,32H,12-15,18H2,1-3H3,(H,33,34,35). The van der Waals surface area contributed by atoms with Gasteiger partial charge in [-0.3, -0.25) is 14.0 Å². The summed E-state index contributed by atoms with van der Waals surface area (Å²) in [7, 11) is -1.98. The summed E-state index contributed by atoms with van der Waals surface area (Å²) < 4.78 is 40.0. The van der Waals surface area contributed by atoms with E-state index in [1.807, 2.05) is 49.4 Å². The topological polar surface area (TPSA) is 142 Å². The Labute approximate surface area is 254 Å². The van der Waals surface area contributed by atoms with Crippen LogP contribution in [-0.2, 0) is 23.4 Å². The lowest BCUT2D eigenvalue weighted by Crippen LogP contribution is -2.34. The zero-order valence-corrected chi connectivity index (χ0v) is 25.5. The number of rotatable bonds is 9. The molecule has 13 heteroatoms. The molecule has 0 atom stereocenters. The van der Waals surface area contributed by atoms with Crippen molar-refractivity contribution in [3.8, 4) is 17.2 Å². The van der Waals surface area contributed by atoms with E-state index in [1.54, 1.807) is 25.4 Å². The van der Waals surface area contributed by atoms with Gasteiger partial charge in [0.05, 0.1) is 6.54 Å². The molecule has 0 spiro atoms. The number of aryl methyl sites for hydroxylation is 2. The molecule has 0 aliphatic carbocycles. The van der Waals surface area contributed by atoms with Crippen LogP contribution < -0.4 is 25.7 Å². The van der Waals surface area contributed by atoms with Crippen LogP contribution in [0.3, 0.4) is 0 Å². The van der Waals surface area contributed by atoms with Gasteiger partial charge in [-0.1, -0.05) is 18.2 Å². The Morgan fingerprint density at radius 2 is 1.82 bits per heavy atom. The summed E-state index contributed by atoms with van der Waals surface area (Å²) in [5.41, 5.74) is 1.60. The molecule has 0 unspecified atom stereocenters. The molecule has 44 heavy (non-hydrogen) atoms. The van der Waals surface area contributed by atoms with E-state index in [0.717, 1.165) is 49.2 Å². The molecular weight excluding hydrogens is 582 g/mol. The van der Waals surface area contributed by atoms with Crippen molar-refractivity contribution in [3.63, 3.8) is 0 Å². The summed E-state index contributed by atoms with van der Waals surface area (Å²) in [6.45, 7) is 3.63. The third kappa shape index (κ3) is 6.43. The van der Waals surface area contributed by atoms with Gasteiger partial charge in [-0.15, -0.1) is 0 Å². The summed E-state index contributed by atoms with van der Waals surface area (Å²) in [5.74, 6) is 1.62. The number of hydrogen-bond donors (Lipinski definition) is 2. The molecule has 5 aromatic rings. The number of nitrogens with zero attached hydrogens (tertiary/aromatic N) is 5. The smallest absolute Gasteiger partial charge is 0.295 e. The Bertz CT molecular complexity index is 1980. The maximum Gasteiger partial charge on any atom is 0.295 e. The zero-order valence-electron chi connectivity index (χ0n) is 24.6. The van der Waals surface area contributed by atoms with Gasteiger partial charge in [0.2, 0.25) is 5.95 Å². The molecule has 0 saturated carbocycles. The van der Waals surface area contributed by atoms with Gasteiger partial charge in [0.15, 0.2) is 15.6 Å². The fraction of sp³-hybridized carbons (Fsp3) is 0.290. The average Bonchev–Trinajstić information content (AvgIpc) is 3.39. The molecule has 3 aromatic heterocycles. The number of piperidine rings is 1. The number of nitrogens with one attached hydrogen (secondary N) is 2. The number of sulfone groups is 1. The minimum atomic E-state index is -3.61. The van der Waals surface area contributed by atoms with Crippen molar-refractivity contribution in [2.45, 2.75) is 37.3 Å². The number of fused-ring (bicyclic) bond motifs is 1. The lowest BCUT2D eigenvalue weighted by Gasteiger charge is -2.23. The number of ether oxygens (including phenoxy) is 2. The summed E-state index contributed by atoms with van der Waals surface area (Å²) in [6.07, 6.45) is 6.25.